The predicted octanol–water partition coefficient (Wildman–Crippen LogP) is 1.53. The first-order valence-corrected chi connectivity index (χ1v) is 6.14. The Labute approximate surface area is 110 Å². The van der Waals surface area contributed by atoms with E-state index in [1.165, 1.54) is 17.8 Å². The number of pyridine rings is 1. The zero-order valence-electron chi connectivity index (χ0n) is 8.59. The monoisotopic (exact) mass is 312 g/mol. The molecule has 0 bridgehead atoms. The molecule has 0 saturated carbocycles. The molecule has 0 aliphatic carbocycles. The largest absolute Gasteiger partial charge is 0.397 e. The SMILES string of the molecule is Nc1cnc(Sc2nc(N)cc(N)n2)c(Br)c1. The smallest absolute Gasteiger partial charge is 0.197 e. The van der Waals surface area contributed by atoms with Crippen LogP contribution in [0.25, 0.3) is 0 Å². The zero-order chi connectivity index (χ0) is 12.4. The van der Waals surface area contributed by atoms with E-state index in [0.29, 0.717) is 27.5 Å². The molecule has 0 unspecified atom stereocenters. The lowest BCUT2D eigenvalue weighted by molar-refractivity contribution is 0.975. The van der Waals surface area contributed by atoms with Crippen molar-refractivity contribution in [2.24, 2.45) is 0 Å². The predicted molar refractivity (Wildman–Crippen MR) is 71.3 cm³/mol. The van der Waals surface area contributed by atoms with Crippen molar-refractivity contribution < 1.29 is 0 Å². The average Bonchev–Trinajstić information content (AvgIpc) is 2.21. The molecule has 17 heavy (non-hydrogen) atoms. The molecule has 0 spiro atoms. The summed E-state index contributed by atoms with van der Waals surface area (Å²) in [4.78, 5) is 12.3. The molecule has 2 heterocycles. The summed E-state index contributed by atoms with van der Waals surface area (Å²) in [7, 11) is 0. The maximum absolute atomic E-state index is 5.60. The number of anilines is 3. The molecule has 8 heteroatoms. The van der Waals surface area contributed by atoms with Gasteiger partial charge in [-0.15, -0.1) is 0 Å². The van der Waals surface area contributed by atoms with Crippen LogP contribution in [0.4, 0.5) is 17.3 Å². The lowest BCUT2D eigenvalue weighted by atomic mass is 10.4. The van der Waals surface area contributed by atoms with Gasteiger partial charge in [0.2, 0.25) is 0 Å². The minimum atomic E-state index is 0.326. The fourth-order valence-corrected chi connectivity index (χ4v) is 2.46. The van der Waals surface area contributed by atoms with Crippen molar-refractivity contribution in [3.05, 3.63) is 22.8 Å². The molecule has 0 saturated heterocycles. The van der Waals surface area contributed by atoms with Crippen LogP contribution in [0.3, 0.4) is 0 Å². The van der Waals surface area contributed by atoms with Crippen molar-refractivity contribution in [2.45, 2.75) is 10.2 Å². The second-order valence-corrected chi connectivity index (χ2v) is 4.97. The van der Waals surface area contributed by atoms with Gasteiger partial charge in [0.15, 0.2) is 5.16 Å². The standard InChI is InChI=1S/C9H9BrN6S/c10-5-1-4(11)3-14-8(5)17-9-15-6(12)2-7(13)16-9/h1-3H,11H2,(H4,12,13,15,16). The van der Waals surface area contributed by atoms with Crippen molar-refractivity contribution >= 4 is 45.0 Å². The highest BCUT2D eigenvalue weighted by Crippen LogP contribution is 2.31. The Kier molecular flexibility index (Phi) is 3.34. The van der Waals surface area contributed by atoms with E-state index in [9.17, 15) is 0 Å². The summed E-state index contributed by atoms with van der Waals surface area (Å²) in [5.74, 6) is 0.651. The molecule has 0 aliphatic rings. The lowest BCUT2D eigenvalue weighted by Crippen LogP contribution is -1.99. The van der Waals surface area contributed by atoms with Crippen molar-refractivity contribution in [1.82, 2.24) is 15.0 Å². The van der Waals surface area contributed by atoms with E-state index in [2.05, 4.69) is 30.9 Å². The zero-order valence-corrected chi connectivity index (χ0v) is 11.0. The van der Waals surface area contributed by atoms with E-state index >= 15 is 0 Å². The molecule has 0 amide bonds. The second kappa shape index (κ2) is 4.76. The van der Waals surface area contributed by atoms with Crippen molar-refractivity contribution in [3.8, 4) is 0 Å². The third-order valence-electron chi connectivity index (χ3n) is 1.76. The van der Waals surface area contributed by atoms with Gasteiger partial charge >= 0.3 is 0 Å². The number of aromatic nitrogens is 3. The quantitative estimate of drug-likeness (QED) is 0.720. The van der Waals surface area contributed by atoms with E-state index in [0.717, 1.165) is 4.47 Å². The maximum atomic E-state index is 5.60. The number of rotatable bonds is 2. The van der Waals surface area contributed by atoms with Crippen LogP contribution in [0.15, 0.2) is 33.0 Å². The van der Waals surface area contributed by atoms with Gasteiger partial charge in [-0.25, -0.2) is 15.0 Å². The normalized spacial score (nSPS) is 10.4. The molecule has 88 valence electrons. The Balaban J connectivity index is 2.31. The van der Waals surface area contributed by atoms with Crippen molar-refractivity contribution in [2.75, 3.05) is 17.2 Å². The van der Waals surface area contributed by atoms with E-state index in [1.54, 1.807) is 12.3 Å². The van der Waals surface area contributed by atoms with Crippen LogP contribution in [-0.4, -0.2) is 15.0 Å². The first-order valence-electron chi connectivity index (χ1n) is 4.53. The van der Waals surface area contributed by atoms with Crippen LogP contribution >= 0.6 is 27.7 Å². The molecule has 0 aliphatic heterocycles. The summed E-state index contributed by atoms with van der Waals surface area (Å²) in [6.45, 7) is 0. The summed E-state index contributed by atoms with van der Waals surface area (Å²) in [6, 6.07) is 3.25. The van der Waals surface area contributed by atoms with Crippen molar-refractivity contribution in [3.63, 3.8) is 0 Å². The molecular weight excluding hydrogens is 304 g/mol. The average molecular weight is 313 g/mol. The first kappa shape index (κ1) is 11.9. The molecule has 0 radical (unpaired) electrons. The third kappa shape index (κ3) is 2.98. The summed E-state index contributed by atoms with van der Waals surface area (Å²) >= 11 is 4.62. The van der Waals surface area contributed by atoms with Gasteiger partial charge in [0.05, 0.1) is 16.4 Å². The molecule has 0 fully saturated rings. The molecule has 6 N–H and O–H groups in total. The number of hydrogen-bond acceptors (Lipinski definition) is 7. The topological polar surface area (TPSA) is 117 Å². The van der Waals surface area contributed by atoms with Gasteiger partial charge in [-0.1, -0.05) is 0 Å². The molecule has 2 aromatic rings. The molecule has 0 aromatic carbocycles. The molecule has 6 nitrogen and oxygen atoms in total. The van der Waals surface area contributed by atoms with E-state index in [-0.39, 0.29) is 0 Å². The van der Waals surface area contributed by atoms with Crippen LogP contribution < -0.4 is 17.2 Å². The molecule has 0 atom stereocenters. The minimum Gasteiger partial charge on any atom is -0.397 e. The first-order chi connectivity index (χ1) is 8.04. The summed E-state index contributed by atoms with van der Waals surface area (Å²) in [5, 5.41) is 1.14. The Bertz CT molecular complexity index is 541. The highest BCUT2D eigenvalue weighted by atomic mass is 79.9. The van der Waals surface area contributed by atoms with Gasteiger partial charge in [0.25, 0.3) is 0 Å². The number of hydrogen-bond donors (Lipinski definition) is 3. The van der Waals surface area contributed by atoms with Crippen molar-refractivity contribution in [1.29, 1.82) is 0 Å². The van der Waals surface area contributed by atoms with Gasteiger partial charge in [-0.2, -0.15) is 0 Å². The summed E-state index contributed by atoms with van der Waals surface area (Å²) in [6.07, 6.45) is 1.56. The Morgan fingerprint density at radius 2 is 1.71 bits per heavy atom. The Morgan fingerprint density at radius 1 is 1.06 bits per heavy atom. The minimum absolute atomic E-state index is 0.326. The van der Waals surface area contributed by atoms with Crippen LogP contribution in [0.5, 0.6) is 0 Å². The fraction of sp³-hybridized carbons (Fsp3) is 0. The Morgan fingerprint density at radius 3 is 2.29 bits per heavy atom. The van der Waals surface area contributed by atoms with E-state index in [1.807, 2.05) is 0 Å². The lowest BCUT2D eigenvalue weighted by Gasteiger charge is -2.04. The summed E-state index contributed by atoms with van der Waals surface area (Å²) < 4.78 is 0.770. The highest BCUT2D eigenvalue weighted by Gasteiger charge is 2.08. The van der Waals surface area contributed by atoms with Gasteiger partial charge < -0.3 is 17.2 Å². The fourth-order valence-electron chi connectivity index (χ4n) is 1.11. The number of halogens is 1. The van der Waals surface area contributed by atoms with E-state index < -0.39 is 0 Å². The van der Waals surface area contributed by atoms with Gasteiger partial charge in [0, 0.05) is 6.07 Å². The van der Waals surface area contributed by atoms with Crippen LogP contribution in [0.1, 0.15) is 0 Å². The maximum Gasteiger partial charge on any atom is 0.197 e. The van der Waals surface area contributed by atoms with Crippen LogP contribution in [0.2, 0.25) is 0 Å². The molecule has 2 rings (SSSR count). The third-order valence-corrected chi connectivity index (χ3v) is 3.51. The van der Waals surface area contributed by atoms with Gasteiger partial charge in [0.1, 0.15) is 16.7 Å². The number of nitrogen functional groups attached to an aromatic ring is 3. The summed E-state index contributed by atoms with van der Waals surface area (Å²) in [5.41, 5.74) is 17.3. The van der Waals surface area contributed by atoms with Crippen LogP contribution in [0, 0.1) is 0 Å². The number of nitrogens with zero attached hydrogens (tertiary/aromatic N) is 3. The van der Waals surface area contributed by atoms with Crippen LogP contribution in [-0.2, 0) is 0 Å². The Hall–Kier alpha value is -1.54. The molecular formula is C9H9BrN6S. The van der Waals surface area contributed by atoms with Gasteiger partial charge in [-0.05, 0) is 33.8 Å². The highest BCUT2D eigenvalue weighted by molar-refractivity contribution is 9.10. The second-order valence-electron chi connectivity index (χ2n) is 3.16. The molecule has 2 aromatic heterocycles. The van der Waals surface area contributed by atoms with Gasteiger partial charge in [-0.3, -0.25) is 0 Å². The van der Waals surface area contributed by atoms with E-state index in [4.69, 9.17) is 17.2 Å². The number of nitrogens with two attached hydrogens (primary N) is 3.